The fourth-order valence-corrected chi connectivity index (χ4v) is 0. The van der Waals surface area contributed by atoms with Gasteiger partial charge < -0.3 is 10.6 Å². The maximum absolute atomic E-state index is 8.58. The van der Waals surface area contributed by atoms with Gasteiger partial charge in [0.25, 0.3) is 0 Å². The lowest BCUT2D eigenvalue weighted by Crippen LogP contribution is -1.97. The Kier molecular flexibility index (Phi) is 11.8. The van der Waals surface area contributed by atoms with Gasteiger partial charge in [-0.3, -0.25) is 4.79 Å². The second-order valence-corrected chi connectivity index (χ2v) is 1.28. The molecule has 0 saturated heterocycles. The molecule has 48 valence electrons. The van der Waals surface area contributed by atoms with E-state index >= 15 is 0 Å². The number of hydrogen-bond donors (Lipinski definition) is 1. The lowest BCUT2D eigenvalue weighted by Gasteiger charge is -1.98. The van der Waals surface area contributed by atoms with Crippen LogP contribution in [0.3, 0.4) is 0 Å². The predicted molar refractivity (Wildman–Crippen MR) is 34.1 cm³/mol. The van der Waals surface area contributed by atoms with Crippen LogP contribution >= 0.6 is 0 Å². The average Bonchev–Trinajstić information content (AvgIpc) is 1.69. The molecule has 0 aromatic carbocycles. The molecule has 0 bridgehead atoms. The Balaban J connectivity index is 0. The number of rotatable bonds is 1. The Hall–Kier alpha value is -0.990. The van der Waals surface area contributed by atoms with Gasteiger partial charge in [-0.15, -0.1) is 0 Å². The summed E-state index contributed by atoms with van der Waals surface area (Å²) in [5, 5.41) is 0. The third-order valence-corrected chi connectivity index (χ3v) is 0.365. The van der Waals surface area contributed by atoms with E-state index in [9.17, 15) is 0 Å². The topological polar surface area (TPSA) is 46.3 Å². The largest absolute Gasteiger partial charge is 0.384 e. The number of nitrogens with two attached hydrogens (primary N) is 1. The van der Waals surface area contributed by atoms with Gasteiger partial charge in [0, 0.05) is 14.1 Å². The maximum atomic E-state index is 8.58. The van der Waals surface area contributed by atoms with E-state index in [-0.39, 0.29) is 6.41 Å². The minimum absolute atomic E-state index is 0.250. The average molecular weight is 116 g/mol. The Bertz CT molecular complexity index is 61.4. The summed E-state index contributed by atoms with van der Waals surface area (Å²) >= 11 is 0. The number of hydrogen-bond acceptors (Lipinski definition) is 2. The van der Waals surface area contributed by atoms with Crippen LogP contribution in [0.1, 0.15) is 0 Å². The number of amides is 1. The summed E-state index contributed by atoms with van der Waals surface area (Å²) in [6, 6.07) is 0. The molecule has 1 amide bonds. The summed E-state index contributed by atoms with van der Waals surface area (Å²) < 4.78 is 0. The molecule has 3 nitrogen and oxygen atoms in total. The first-order chi connectivity index (χ1) is 3.68. The number of carbonyl (C=O) groups excluding carboxylic acids is 1. The molecule has 0 atom stereocenters. The Morgan fingerprint density at radius 2 is 1.75 bits per heavy atom. The summed E-state index contributed by atoms with van der Waals surface area (Å²) in [7, 11) is 3.88. The van der Waals surface area contributed by atoms with Crippen LogP contribution in [0.4, 0.5) is 0 Å². The van der Waals surface area contributed by atoms with E-state index in [1.807, 2.05) is 19.0 Å². The minimum atomic E-state index is 0.250. The van der Waals surface area contributed by atoms with Crippen molar-refractivity contribution in [3.63, 3.8) is 0 Å². The molecule has 0 rings (SSSR count). The minimum Gasteiger partial charge on any atom is -0.384 e. The Morgan fingerprint density at radius 1 is 1.62 bits per heavy atom. The van der Waals surface area contributed by atoms with Crippen molar-refractivity contribution < 1.29 is 4.79 Å². The van der Waals surface area contributed by atoms with Crippen LogP contribution < -0.4 is 5.73 Å². The molecular formula is C5H12N2O. The van der Waals surface area contributed by atoms with Crippen molar-refractivity contribution in [2.24, 2.45) is 5.73 Å². The molecule has 0 aliphatic heterocycles. The molecule has 3 heteroatoms. The molecule has 0 radical (unpaired) electrons. The van der Waals surface area contributed by atoms with E-state index < -0.39 is 0 Å². The second kappa shape index (κ2) is 9.38. The van der Waals surface area contributed by atoms with E-state index in [1.54, 1.807) is 6.20 Å². The second-order valence-electron chi connectivity index (χ2n) is 1.28. The zero-order valence-electron chi connectivity index (χ0n) is 5.29. The van der Waals surface area contributed by atoms with Crippen molar-refractivity contribution in [3.8, 4) is 0 Å². The third kappa shape index (κ3) is 79.0. The van der Waals surface area contributed by atoms with Crippen molar-refractivity contribution in [3.05, 3.63) is 12.8 Å². The monoisotopic (exact) mass is 116 g/mol. The lowest BCUT2D eigenvalue weighted by atomic mass is 10.9. The first-order valence-corrected chi connectivity index (χ1v) is 2.13. The molecule has 0 fully saturated rings. The summed E-state index contributed by atoms with van der Waals surface area (Å²) in [6.45, 7) is 3.49. The Morgan fingerprint density at radius 3 is 1.75 bits per heavy atom. The van der Waals surface area contributed by atoms with E-state index in [0.717, 1.165) is 0 Å². The molecule has 8 heavy (non-hydrogen) atoms. The highest BCUT2D eigenvalue weighted by Gasteiger charge is 1.62. The van der Waals surface area contributed by atoms with Gasteiger partial charge in [0.2, 0.25) is 6.41 Å². The number of primary amides is 1. The third-order valence-electron chi connectivity index (χ3n) is 0.365. The van der Waals surface area contributed by atoms with Crippen molar-refractivity contribution >= 4 is 6.41 Å². The molecule has 0 aromatic rings. The summed E-state index contributed by atoms with van der Waals surface area (Å²) in [6.07, 6.45) is 2.00. The molecular weight excluding hydrogens is 104 g/mol. The van der Waals surface area contributed by atoms with Gasteiger partial charge >= 0.3 is 0 Å². The van der Waals surface area contributed by atoms with Crippen molar-refractivity contribution in [1.29, 1.82) is 0 Å². The first kappa shape index (κ1) is 10.1. The zero-order chi connectivity index (χ0) is 6.99. The molecule has 0 aliphatic rings. The summed E-state index contributed by atoms with van der Waals surface area (Å²) in [5.41, 5.74) is 4.17. The normalized spacial score (nSPS) is 5.75. The van der Waals surface area contributed by atoms with Crippen LogP contribution in [-0.4, -0.2) is 25.4 Å². The van der Waals surface area contributed by atoms with Gasteiger partial charge in [-0.1, -0.05) is 6.58 Å². The van der Waals surface area contributed by atoms with E-state index in [4.69, 9.17) is 4.79 Å². The van der Waals surface area contributed by atoms with Crippen LogP contribution in [0.5, 0.6) is 0 Å². The molecule has 0 aliphatic carbocycles. The maximum Gasteiger partial charge on any atom is 0.204 e. The highest BCUT2D eigenvalue weighted by molar-refractivity contribution is 5.42. The smallest absolute Gasteiger partial charge is 0.204 e. The predicted octanol–water partition coefficient (Wildman–Crippen LogP) is -0.207. The molecule has 0 aromatic heterocycles. The fourth-order valence-electron chi connectivity index (χ4n) is 0. The number of carbonyl (C=O) groups is 1. The van der Waals surface area contributed by atoms with Crippen LogP contribution in [0.25, 0.3) is 0 Å². The highest BCUT2D eigenvalue weighted by atomic mass is 16.1. The van der Waals surface area contributed by atoms with Crippen LogP contribution in [0.2, 0.25) is 0 Å². The summed E-state index contributed by atoms with van der Waals surface area (Å²) in [5.74, 6) is 0. The van der Waals surface area contributed by atoms with Crippen LogP contribution in [0.15, 0.2) is 12.8 Å². The van der Waals surface area contributed by atoms with Gasteiger partial charge in [-0.05, 0) is 6.20 Å². The van der Waals surface area contributed by atoms with Crippen LogP contribution in [0, 0.1) is 0 Å². The van der Waals surface area contributed by atoms with Crippen molar-refractivity contribution in [1.82, 2.24) is 4.90 Å². The highest BCUT2D eigenvalue weighted by Crippen LogP contribution is 1.64. The summed E-state index contributed by atoms with van der Waals surface area (Å²) in [4.78, 5) is 10.5. The lowest BCUT2D eigenvalue weighted by molar-refractivity contribution is -0.106. The molecule has 0 unspecified atom stereocenters. The molecule has 0 spiro atoms. The van der Waals surface area contributed by atoms with E-state index in [1.165, 1.54) is 0 Å². The number of nitrogens with zero attached hydrogens (tertiary/aromatic N) is 1. The zero-order valence-corrected chi connectivity index (χ0v) is 5.29. The fraction of sp³-hybridized carbons (Fsp3) is 0.400. The standard InChI is InChI=1S/C4H9N.CH3NO/c1-4-5(2)3;2-1-3/h4H,1H2,2-3H3;1H,(H2,2,3). The van der Waals surface area contributed by atoms with Crippen molar-refractivity contribution in [2.45, 2.75) is 0 Å². The first-order valence-electron chi connectivity index (χ1n) is 2.13. The SMILES string of the molecule is C=CN(C)C.NC=O. The molecule has 2 N–H and O–H groups in total. The molecule has 0 heterocycles. The van der Waals surface area contributed by atoms with E-state index in [2.05, 4.69) is 12.3 Å². The Labute approximate surface area is 49.8 Å². The van der Waals surface area contributed by atoms with Gasteiger partial charge in [-0.25, -0.2) is 0 Å². The molecule has 0 saturated carbocycles. The van der Waals surface area contributed by atoms with E-state index in [0.29, 0.717) is 0 Å². The van der Waals surface area contributed by atoms with Crippen LogP contribution in [-0.2, 0) is 4.79 Å². The van der Waals surface area contributed by atoms with Gasteiger partial charge in [-0.2, -0.15) is 0 Å². The van der Waals surface area contributed by atoms with Gasteiger partial charge in [0.1, 0.15) is 0 Å². The van der Waals surface area contributed by atoms with Crippen molar-refractivity contribution in [2.75, 3.05) is 14.1 Å². The van der Waals surface area contributed by atoms with Gasteiger partial charge in [0.15, 0.2) is 0 Å². The van der Waals surface area contributed by atoms with Gasteiger partial charge in [0.05, 0.1) is 0 Å². The quantitative estimate of drug-likeness (QED) is 0.482.